The summed E-state index contributed by atoms with van der Waals surface area (Å²) in [6.45, 7) is 8.37. The van der Waals surface area contributed by atoms with Gasteiger partial charge in [-0.15, -0.1) is 0 Å². The van der Waals surface area contributed by atoms with Crippen LogP contribution in [0.4, 0.5) is 11.4 Å². The Morgan fingerprint density at radius 2 is 1.41 bits per heavy atom. The molecule has 2 amide bonds. The van der Waals surface area contributed by atoms with Crippen molar-refractivity contribution in [3.8, 4) is 11.3 Å². The van der Waals surface area contributed by atoms with Gasteiger partial charge in [0.1, 0.15) is 11.3 Å². The van der Waals surface area contributed by atoms with E-state index >= 15 is 0 Å². The average Bonchev–Trinajstić information content (AvgIpc) is 3.41. The molecule has 208 valence electrons. The predicted molar refractivity (Wildman–Crippen MR) is 167 cm³/mol. The van der Waals surface area contributed by atoms with Crippen LogP contribution in [0, 0.1) is 0 Å². The zero-order valence-corrected chi connectivity index (χ0v) is 24.0. The Bertz CT molecular complexity index is 1610. The number of para-hydroxylation sites is 1. The molecule has 1 heterocycles. The third-order valence-corrected chi connectivity index (χ3v) is 7.36. The van der Waals surface area contributed by atoms with Gasteiger partial charge in [0.05, 0.1) is 5.92 Å². The summed E-state index contributed by atoms with van der Waals surface area (Å²) in [6.07, 6.45) is 0.952. The highest BCUT2D eigenvalue weighted by Crippen LogP contribution is 2.30. The van der Waals surface area contributed by atoms with Crippen LogP contribution in [0.15, 0.2) is 108 Å². The van der Waals surface area contributed by atoms with Crippen LogP contribution in [-0.2, 0) is 21.4 Å². The van der Waals surface area contributed by atoms with Gasteiger partial charge in [-0.05, 0) is 77.1 Å². The Kier molecular flexibility index (Phi) is 8.06. The highest BCUT2D eigenvalue weighted by Gasteiger charge is 2.23. The highest BCUT2D eigenvalue weighted by atomic mass is 16.3. The number of anilines is 2. The molecule has 41 heavy (non-hydrogen) atoms. The Hall–Kier alpha value is -4.64. The molecular weight excluding hydrogens is 508 g/mol. The molecule has 0 saturated carbocycles. The Morgan fingerprint density at radius 1 is 0.780 bits per heavy atom. The van der Waals surface area contributed by atoms with Gasteiger partial charge >= 0.3 is 0 Å². The van der Waals surface area contributed by atoms with E-state index in [1.54, 1.807) is 0 Å². The summed E-state index contributed by atoms with van der Waals surface area (Å²) in [5, 5.41) is 7.06. The molecule has 5 aromatic rings. The van der Waals surface area contributed by atoms with E-state index in [4.69, 9.17) is 4.42 Å². The molecule has 4 aromatic carbocycles. The smallest absolute Gasteiger partial charge is 0.232 e. The van der Waals surface area contributed by atoms with Crippen LogP contribution >= 0.6 is 0 Å². The molecule has 0 fully saturated rings. The number of nitrogens with one attached hydrogen (secondary N) is 2. The lowest BCUT2D eigenvalue weighted by molar-refractivity contribution is -0.117. The number of amides is 2. The van der Waals surface area contributed by atoms with Crippen molar-refractivity contribution in [1.82, 2.24) is 0 Å². The first-order valence-electron chi connectivity index (χ1n) is 14.1. The summed E-state index contributed by atoms with van der Waals surface area (Å²) in [7, 11) is 0. The monoisotopic (exact) mass is 544 g/mol. The minimum absolute atomic E-state index is 0.0244. The summed E-state index contributed by atoms with van der Waals surface area (Å²) < 4.78 is 6.00. The third kappa shape index (κ3) is 6.75. The van der Waals surface area contributed by atoms with Gasteiger partial charge in [-0.3, -0.25) is 9.59 Å². The van der Waals surface area contributed by atoms with E-state index < -0.39 is 5.92 Å². The van der Waals surface area contributed by atoms with Crippen molar-refractivity contribution in [3.63, 3.8) is 0 Å². The van der Waals surface area contributed by atoms with Crippen LogP contribution in [-0.4, -0.2) is 11.8 Å². The molecule has 5 heteroatoms. The average molecular weight is 545 g/mol. The summed E-state index contributed by atoms with van der Waals surface area (Å²) in [4.78, 5) is 25.5. The lowest BCUT2D eigenvalue weighted by Gasteiger charge is -2.22. The quantitative estimate of drug-likeness (QED) is 0.205. The first-order valence-corrected chi connectivity index (χ1v) is 14.1. The van der Waals surface area contributed by atoms with Crippen molar-refractivity contribution in [1.29, 1.82) is 0 Å². The van der Waals surface area contributed by atoms with Crippen LogP contribution in [0.2, 0.25) is 0 Å². The lowest BCUT2D eigenvalue weighted by Crippen LogP contribution is -2.23. The lowest BCUT2D eigenvalue weighted by atomic mass is 9.84. The van der Waals surface area contributed by atoms with Crippen molar-refractivity contribution in [3.05, 3.63) is 120 Å². The predicted octanol–water partition coefficient (Wildman–Crippen LogP) is 8.71. The van der Waals surface area contributed by atoms with Gasteiger partial charge < -0.3 is 15.1 Å². The van der Waals surface area contributed by atoms with Crippen LogP contribution in [0.3, 0.4) is 0 Å². The van der Waals surface area contributed by atoms with E-state index in [0.717, 1.165) is 44.8 Å². The van der Waals surface area contributed by atoms with Crippen LogP contribution in [0.5, 0.6) is 0 Å². The number of carbonyl (C=O) groups excluding carboxylic acids is 2. The minimum atomic E-state index is -0.393. The van der Waals surface area contributed by atoms with Crippen LogP contribution < -0.4 is 10.6 Å². The molecule has 0 saturated heterocycles. The van der Waals surface area contributed by atoms with E-state index in [-0.39, 0.29) is 17.2 Å². The SMILES string of the molecule is CCC(=O)Nc1ccc(CC(C(=O)Nc2ccc(-c3cc4ccccc4o3)cc2)c2ccc(C(C)(C)C)cc2)cc1. The molecule has 2 N–H and O–H groups in total. The first kappa shape index (κ1) is 27.9. The molecule has 1 unspecified atom stereocenters. The van der Waals surface area contributed by atoms with E-state index in [1.165, 1.54) is 5.56 Å². The second-order valence-electron chi connectivity index (χ2n) is 11.4. The molecular formula is C36H36N2O3. The van der Waals surface area contributed by atoms with Gasteiger partial charge in [-0.2, -0.15) is 0 Å². The summed E-state index contributed by atoms with van der Waals surface area (Å²) >= 11 is 0. The van der Waals surface area contributed by atoms with Gasteiger partial charge in [0.15, 0.2) is 0 Å². The summed E-state index contributed by atoms with van der Waals surface area (Å²) in [5.41, 5.74) is 6.49. The minimum Gasteiger partial charge on any atom is -0.456 e. The fraction of sp³-hybridized carbons (Fsp3) is 0.222. The van der Waals surface area contributed by atoms with Crippen molar-refractivity contribution in [2.75, 3.05) is 10.6 Å². The second-order valence-corrected chi connectivity index (χ2v) is 11.4. The molecule has 1 atom stereocenters. The van der Waals surface area contributed by atoms with Gasteiger partial charge in [-0.25, -0.2) is 0 Å². The maximum atomic E-state index is 13.7. The molecule has 0 bridgehead atoms. The second kappa shape index (κ2) is 11.8. The maximum Gasteiger partial charge on any atom is 0.232 e. The van der Waals surface area contributed by atoms with Crippen LogP contribution in [0.1, 0.15) is 56.7 Å². The van der Waals surface area contributed by atoms with E-state index in [2.05, 4.69) is 55.7 Å². The van der Waals surface area contributed by atoms with Crippen molar-refractivity contribution in [2.24, 2.45) is 0 Å². The standard InChI is InChI=1S/C36H36N2O3/c1-5-34(39)37-29-18-10-24(11-19-29)22-31(25-12-16-28(17-13-25)36(2,3)4)35(40)38-30-20-14-26(15-21-30)33-23-27-8-6-7-9-32(27)41-33/h6-21,23,31H,5,22H2,1-4H3,(H,37,39)(H,38,40). The largest absolute Gasteiger partial charge is 0.456 e. The topological polar surface area (TPSA) is 71.3 Å². The highest BCUT2D eigenvalue weighted by molar-refractivity contribution is 5.96. The number of fused-ring (bicyclic) bond motifs is 1. The first-order chi connectivity index (χ1) is 19.7. The van der Waals surface area contributed by atoms with Gasteiger partial charge in [-0.1, -0.05) is 82.3 Å². The fourth-order valence-electron chi connectivity index (χ4n) is 4.86. The Balaban J connectivity index is 1.36. The number of rotatable bonds is 8. The van der Waals surface area contributed by atoms with Crippen molar-refractivity contribution < 1.29 is 14.0 Å². The van der Waals surface area contributed by atoms with Gasteiger partial charge in [0.2, 0.25) is 11.8 Å². The Morgan fingerprint density at radius 3 is 2.05 bits per heavy atom. The summed E-state index contributed by atoms with van der Waals surface area (Å²) in [5.74, 6) is 0.295. The van der Waals surface area contributed by atoms with E-state index in [9.17, 15) is 9.59 Å². The van der Waals surface area contributed by atoms with E-state index in [1.807, 2.05) is 85.8 Å². The Labute approximate surface area is 241 Å². The van der Waals surface area contributed by atoms with Crippen LogP contribution in [0.25, 0.3) is 22.3 Å². The fourth-order valence-corrected chi connectivity index (χ4v) is 4.86. The molecule has 5 rings (SSSR count). The molecule has 0 aliphatic carbocycles. The van der Waals surface area contributed by atoms with Gasteiger partial charge in [0.25, 0.3) is 0 Å². The zero-order chi connectivity index (χ0) is 29.0. The molecule has 0 aliphatic heterocycles. The number of furan rings is 1. The molecule has 5 nitrogen and oxygen atoms in total. The maximum absolute atomic E-state index is 13.7. The summed E-state index contributed by atoms with van der Waals surface area (Å²) in [6, 6.07) is 33.8. The van der Waals surface area contributed by atoms with Crippen molar-refractivity contribution >= 4 is 34.2 Å². The number of carbonyl (C=O) groups is 2. The number of hydrogen-bond acceptors (Lipinski definition) is 3. The van der Waals surface area contributed by atoms with Crippen molar-refractivity contribution in [2.45, 2.75) is 51.9 Å². The normalized spacial score (nSPS) is 12.2. The number of hydrogen-bond donors (Lipinski definition) is 2. The van der Waals surface area contributed by atoms with E-state index in [0.29, 0.717) is 12.8 Å². The third-order valence-electron chi connectivity index (χ3n) is 7.36. The molecule has 0 aliphatic rings. The van der Waals surface area contributed by atoms with Gasteiger partial charge in [0, 0.05) is 28.7 Å². The zero-order valence-electron chi connectivity index (χ0n) is 24.0. The number of benzene rings is 4. The molecule has 0 radical (unpaired) electrons. The molecule has 1 aromatic heterocycles. The molecule has 0 spiro atoms.